The molecule has 0 aromatic carbocycles. The second kappa shape index (κ2) is 5.17. The Balaban J connectivity index is 2.67. The molecule has 0 fully saturated rings. The molecule has 2 rings (SSSR count). The smallest absolute Gasteiger partial charge is 0.205 e. The molecule has 1 atom stereocenters. The molecule has 0 spiro atoms. The van der Waals surface area contributed by atoms with Gasteiger partial charge in [-0.05, 0) is 32.9 Å². The third-order valence-corrected chi connectivity index (χ3v) is 3.19. The quantitative estimate of drug-likeness (QED) is 0.887. The zero-order chi connectivity index (χ0) is 14.9. The molecule has 2 N–H and O–H groups in total. The van der Waals surface area contributed by atoms with Gasteiger partial charge in [-0.15, -0.1) is 0 Å². The highest BCUT2D eigenvalue weighted by molar-refractivity contribution is 5.96. The van der Waals surface area contributed by atoms with E-state index in [9.17, 15) is 10.1 Å². The third kappa shape index (κ3) is 2.28. The average Bonchev–Trinajstić information content (AvgIpc) is 2.37. The molecule has 1 aromatic rings. The lowest BCUT2D eigenvalue weighted by molar-refractivity contribution is -0.114. The number of pyridine rings is 1. The van der Waals surface area contributed by atoms with Crippen LogP contribution in [0.4, 0.5) is 0 Å². The Hall–Kier alpha value is -2.61. The summed E-state index contributed by atoms with van der Waals surface area (Å²) >= 11 is 0. The third-order valence-electron chi connectivity index (χ3n) is 3.19. The minimum atomic E-state index is -0.564. The van der Waals surface area contributed by atoms with Gasteiger partial charge >= 0.3 is 0 Å². The summed E-state index contributed by atoms with van der Waals surface area (Å²) in [7, 11) is 0. The van der Waals surface area contributed by atoms with Crippen LogP contribution >= 0.6 is 0 Å². The van der Waals surface area contributed by atoms with Crippen molar-refractivity contribution in [1.29, 1.82) is 5.26 Å². The second-order valence-corrected chi connectivity index (χ2v) is 4.65. The van der Waals surface area contributed by atoms with Crippen molar-refractivity contribution in [1.82, 2.24) is 4.98 Å². The predicted molar refractivity (Wildman–Crippen MR) is 73.0 cm³/mol. The lowest BCUT2D eigenvalue weighted by atomic mass is 9.84. The van der Waals surface area contributed by atoms with Crippen LogP contribution in [0.1, 0.15) is 31.2 Å². The number of hydrogen-bond donors (Lipinski definition) is 1. The largest absolute Gasteiger partial charge is 0.445 e. The zero-order valence-electron chi connectivity index (χ0n) is 11.6. The molecule has 2 heterocycles. The first-order chi connectivity index (χ1) is 9.45. The van der Waals surface area contributed by atoms with Crippen LogP contribution < -0.4 is 5.73 Å². The maximum absolute atomic E-state index is 11.9. The molecule has 102 valence electrons. The van der Waals surface area contributed by atoms with Gasteiger partial charge in [0.1, 0.15) is 17.4 Å². The summed E-state index contributed by atoms with van der Waals surface area (Å²) in [4.78, 5) is 16.3. The molecule has 0 aliphatic carbocycles. The van der Waals surface area contributed by atoms with Crippen molar-refractivity contribution < 1.29 is 9.53 Å². The topological polar surface area (TPSA) is 89.0 Å². The summed E-state index contributed by atoms with van der Waals surface area (Å²) < 4.78 is 5.31. The first kappa shape index (κ1) is 13.8. The number of aromatic nitrogens is 1. The molecular weight excluding hydrogens is 254 g/mol. The number of rotatable bonds is 2. The minimum Gasteiger partial charge on any atom is -0.445 e. The van der Waals surface area contributed by atoms with Gasteiger partial charge in [-0.3, -0.25) is 9.78 Å². The molecule has 0 saturated heterocycles. The minimum absolute atomic E-state index is 0.0308. The number of ether oxygens (including phenoxy) is 1. The summed E-state index contributed by atoms with van der Waals surface area (Å²) in [6, 6.07) is 7.50. The Morgan fingerprint density at radius 3 is 2.70 bits per heavy atom. The number of nitrogens with zero attached hydrogens (tertiary/aromatic N) is 2. The predicted octanol–water partition coefficient (Wildman–Crippen LogP) is 2.06. The zero-order valence-corrected chi connectivity index (χ0v) is 11.6. The second-order valence-electron chi connectivity index (χ2n) is 4.65. The molecule has 5 heteroatoms. The molecule has 1 aromatic heterocycles. The first-order valence-electron chi connectivity index (χ1n) is 6.18. The number of aryl methyl sites for hydroxylation is 1. The van der Waals surface area contributed by atoms with Gasteiger partial charge in [-0.1, -0.05) is 6.07 Å². The number of allylic oxidation sites excluding steroid dienone is 3. The molecule has 20 heavy (non-hydrogen) atoms. The van der Waals surface area contributed by atoms with Gasteiger partial charge in [0.05, 0.1) is 11.6 Å². The van der Waals surface area contributed by atoms with Crippen molar-refractivity contribution in [3.8, 4) is 6.07 Å². The van der Waals surface area contributed by atoms with E-state index >= 15 is 0 Å². The average molecular weight is 269 g/mol. The molecular formula is C15H15N3O2. The molecule has 1 unspecified atom stereocenters. The summed E-state index contributed by atoms with van der Waals surface area (Å²) in [5, 5.41) is 9.32. The molecule has 5 nitrogen and oxygen atoms in total. The van der Waals surface area contributed by atoms with Crippen LogP contribution in [0, 0.1) is 18.3 Å². The maximum Gasteiger partial charge on any atom is 0.205 e. The molecule has 0 bridgehead atoms. The fraction of sp³-hybridized carbons (Fsp3) is 0.267. The number of nitrogens with two attached hydrogens (primary N) is 1. The van der Waals surface area contributed by atoms with Gasteiger partial charge in [0.25, 0.3) is 0 Å². The van der Waals surface area contributed by atoms with Crippen LogP contribution in [0.2, 0.25) is 0 Å². The van der Waals surface area contributed by atoms with Crippen molar-refractivity contribution in [2.75, 3.05) is 0 Å². The fourth-order valence-corrected chi connectivity index (χ4v) is 2.36. The van der Waals surface area contributed by atoms with Gasteiger partial charge in [-0.2, -0.15) is 5.26 Å². The number of ketones is 1. The highest BCUT2D eigenvalue weighted by atomic mass is 16.5. The normalized spacial score (nSPS) is 18.6. The number of nitriles is 1. The van der Waals surface area contributed by atoms with Gasteiger partial charge in [0.2, 0.25) is 5.88 Å². The Morgan fingerprint density at radius 1 is 1.45 bits per heavy atom. The van der Waals surface area contributed by atoms with E-state index in [-0.39, 0.29) is 17.2 Å². The van der Waals surface area contributed by atoms with E-state index < -0.39 is 5.92 Å². The van der Waals surface area contributed by atoms with Crippen molar-refractivity contribution in [3.63, 3.8) is 0 Å². The van der Waals surface area contributed by atoms with Gasteiger partial charge in [0, 0.05) is 11.3 Å². The Kier molecular flexibility index (Phi) is 3.57. The number of carbonyl (C=O) groups is 1. The molecule has 0 radical (unpaired) electrons. The number of hydrogen-bond acceptors (Lipinski definition) is 5. The highest BCUT2D eigenvalue weighted by Gasteiger charge is 2.34. The van der Waals surface area contributed by atoms with Crippen LogP contribution in [-0.4, -0.2) is 10.8 Å². The van der Waals surface area contributed by atoms with E-state index in [1.807, 2.05) is 25.1 Å². The lowest BCUT2D eigenvalue weighted by Gasteiger charge is -2.26. The van der Waals surface area contributed by atoms with Crippen molar-refractivity contribution >= 4 is 5.78 Å². The van der Waals surface area contributed by atoms with Crippen LogP contribution in [-0.2, 0) is 9.53 Å². The summed E-state index contributed by atoms with van der Waals surface area (Å²) in [5.74, 6) is -0.271. The van der Waals surface area contributed by atoms with Crippen LogP contribution in [0.25, 0.3) is 0 Å². The molecule has 0 amide bonds. The highest BCUT2D eigenvalue weighted by Crippen LogP contribution is 2.38. The van der Waals surface area contributed by atoms with E-state index in [0.717, 1.165) is 5.69 Å². The lowest BCUT2D eigenvalue weighted by Crippen LogP contribution is -2.24. The molecule has 1 aliphatic heterocycles. The van der Waals surface area contributed by atoms with E-state index in [1.54, 1.807) is 13.0 Å². The number of carbonyl (C=O) groups excluding carboxylic acids is 1. The monoisotopic (exact) mass is 269 g/mol. The Bertz CT molecular complexity index is 681. The van der Waals surface area contributed by atoms with Crippen LogP contribution in [0.15, 0.2) is 41.0 Å². The van der Waals surface area contributed by atoms with Gasteiger partial charge < -0.3 is 10.5 Å². The van der Waals surface area contributed by atoms with Crippen LogP contribution in [0.5, 0.6) is 0 Å². The SMILES string of the molecule is CC(=O)C1=C(C)OC(N)=C(C#N)C1c1cccc(C)n1. The van der Waals surface area contributed by atoms with Crippen molar-refractivity contribution in [3.05, 3.63) is 52.4 Å². The van der Waals surface area contributed by atoms with E-state index in [4.69, 9.17) is 10.5 Å². The van der Waals surface area contributed by atoms with Gasteiger partial charge in [-0.25, -0.2) is 0 Å². The number of Topliss-reactive ketones (excluding diaryl/α,β-unsaturated/α-hetero) is 1. The summed E-state index contributed by atoms with van der Waals surface area (Å²) in [6.45, 7) is 4.97. The summed E-state index contributed by atoms with van der Waals surface area (Å²) in [6.07, 6.45) is 0. The Labute approximate surface area is 117 Å². The summed E-state index contributed by atoms with van der Waals surface area (Å²) in [5.41, 5.74) is 7.85. The van der Waals surface area contributed by atoms with Crippen molar-refractivity contribution in [2.24, 2.45) is 5.73 Å². The van der Waals surface area contributed by atoms with E-state index in [1.165, 1.54) is 6.92 Å². The van der Waals surface area contributed by atoms with E-state index in [0.29, 0.717) is 17.0 Å². The van der Waals surface area contributed by atoms with Crippen molar-refractivity contribution in [2.45, 2.75) is 26.7 Å². The van der Waals surface area contributed by atoms with Crippen LogP contribution in [0.3, 0.4) is 0 Å². The maximum atomic E-state index is 11.9. The van der Waals surface area contributed by atoms with Gasteiger partial charge in [0.15, 0.2) is 5.78 Å². The molecule has 0 saturated carbocycles. The first-order valence-corrected chi connectivity index (χ1v) is 6.18. The van der Waals surface area contributed by atoms with E-state index in [2.05, 4.69) is 4.98 Å². The fourth-order valence-electron chi connectivity index (χ4n) is 2.36. The molecule has 1 aliphatic rings. The standard InChI is InChI=1S/C15H15N3O2/c1-8-5-4-6-12(18-8)14-11(7-16)15(17)20-10(3)13(14)9(2)19/h4-6,14H,17H2,1-3H3. The Morgan fingerprint density at radius 2 is 2.15 bits per heavy atom.